The summed E-state index contributed by atoms with van der Waals surface area (Å²) >= 11 is 0.295. The van der Waals surface area contributed by atoms with E-state index >= 15 is 0 Å². The number of primary amides is 1. The van der Waals surface area contributed by atoms with Crippen molar-refractivity contribution >= 4 is 29.5 Å². The number of hydrogen-bond donors (Lipinski definition) is 3. The fourth-order valence-corrected chi connectivity index (χ4v) is 1.87. The number of rotatable bonds is 7. The Morgan fingerprint density at radius 1 is 1.50 bits per heavy atom. The Morgan fingerprint density at radius 2 is 2.05 bits per heavy atom. The lowest BCUT2D eigenvalue weighted by molar-refractivity contribution is -0.157. The van der Waals surface area contributed by atoms with E-state index in [4.69, 9.17) is 14.6 Å². The van der Waals surface area contributed by atoms with Crippen molar-refractivity contribution in [2.24, 2.45) is 5.73 Å². The molecule has 2 amide bonds. The van der Waals surface area contributed by atoms with Crippen molar-refractivity contribution in [3.63, 3.8) is 0 Å². The van der Waals surface area contributed by atoms with Crippen LogP contribution < -0.4 is 11.1 Å². The summed E-state index contributed by atoms with van der Waals surface area (Å²) in [6.45, 7) is 2.78. The average molecular weight is 309 g/mol. The maximum absolute atomic E-state index is 12.0. The van der Waals surface area contributed by atoms with Crippen molar-refractivity contribution in [3.8, 4) is 0 Å². The molecule has 0 fully saturated rings. The van der Waals surface area contributed by atoms with E-state index in [-0.39, 0.29) is 5.75 Å². The van der Waals surface area contributed by atoms with E-state index in [1.807, 2.05) is 0 Å². The molecule has 4 N–H and O–H groups in total. The Hall–Kier alpha value is -1.28. The first-order chi connectivity index (χ1) is 10.1. The molecular formula is C12H22N2O5S. The SMILES string of the molecule is [2H]C([2H])(O)C([2H])(SC[C@H](NC(C)=O)C(=O)OC(C)(C)C)C(N)=O. The highest BCUT2D eigenvalue weighted by Gasteiger charge is 2.27. The van der Waals surface area contributed by atoms with E-state index in [9.17, 15) is 19.5 Å². The van der Waals surface area contributed by atoms with Crippen LogP contribution in [0.5, 0.6) is 0 Å². The van der Waals surface area contributed by atoms with Crippen LogP contribution in [0.4, 0.5) is 0 Å². The number of carbonyl (C=O) groups is 3. The van der Waals surface area contributed by atoms with Crippen LogP contribution >= 0.6 is 11.8 Å². The lowest BCUT2D eigenvalue weighted by Crippen LogP contribution is -2.45. The Bertz CT molecular complexity index is 478. The van der Waals surface area contributed by atoms with E-state index in [0.717, 1.165) is 6.92 Å². The molecule has 7 nitrogen and oxygen atoms in total. The molecule has 0 rings (SSSR count). The third kappa shape index (κ3) is 8.00. The van der Waals surface area contributed by atoms with Gasteiger partial charge in [0.2, 0.25) is 11.8 Å². The molecule has 0 aromatic heterocycles. The normalized spacial score (nSPS) is 18.8. The van der Waals surface area contributed by atoms with Gasteiger partial charge in [-0.15, -0.1) is 11.8 Å². The monoisotopic (exact) mass is 309 g/mol. The second-order valence-corrected chi connectivity index (χ2v) is 5.93. The Balaban J connectivity index is 5.21. The minimum absolute atomic E-state index is 0.295. The Morgan fingerprint density at radius 3 is 2.40 bits per heavy atom. The van der Waals surface area contributed by atoms with Gasteiger partial charge in [0.05, 0.1) is 10.7 Å². The Kier molecular flexibility index (Phi) is 5.55. The molecule has 0 saturated carbocycles. The number of hydrogen-bond acceptors (Lipinski definition) is 6. The molecule has 0 aliphatic rings. The summed E-state index contributed by atoms with van der Waals surface area (Å²) in [6, 6.07) is -1.23. The van der Waals surface area contributed by atoms with Crippen LogP contribution in [0.15, 0.2) is 0 Å². The first-order valence-electron chi connectivity index (χ1n) is 7.26. The topological polar surface area (TPSA) is 119 Å². The quantitative estimate of drug-likeness (QED) is 0.541. The molecule has 0 saturated heterocycles. The average Bonchev–Trinajstić information content (AvgIpc) is 2.29. The molecule has 8 heteroatoms. The number of amides is 2. The molecule has 20 heavy (non-hydrogen) atoms. The van der Waals surface area contributed by atoms with E-state index in [1.165, 1.54) is 0 Å². The molecule has 0 aromatic carbocycles. The van der Waals surface area contributed by atoms with Gasteiger partial charge in [-0.25, -0.2) is 4.79 Å². The van der Waals surface area contributed by atoms with Gasteiger partial charge < -0.3 is 20.9 Å². The van der Waals surface area contributed by atoms with Crippen LogP contribution in [-0.4, -0.2) is 52.1 Å². The molecule has 0 bridgehead atoms. The number of aliphatic hydroxyl groups is 1. The van der Waals surface area contributed by atoms with E-state index < -0.39 is 41.2 Å². The highest BCUT2D eigenvalue weighted by molar-refractivity contribution is 8.00. The van der Waals surface area contributed by atoms with Crippen molar-refractivity contribution in [1.82, 2.24) is 5.32 Å². The van der Waals surface area contributed by atoms with Gasteiger partial charge in [0.1, 0.15) is 16.9 Å². The van der Waals surface area contributed by atoms with Crippen molar-refractivity contribution in [3.05, 3.63) is 0 Å². The standard InChI is InChI=1S/C12H22N2O5S/c1-7(16)14-8(11(18)19-12(2,3)4)6-20-9(5-15)10(13)17/h8-9,15H,5-6H2,1-4H3,(H2,13,17)(H,14,16)/t8-,9?/m0/s1/i5D2,9D. The summed E-state index contributed by atoms with van der Waals surface area (Å²) in [6.07, 6.45) is 0. The van der Waals surface area contributed by atoms with Gasteiger partial charge >= 0.3 is 5.97 Å². The number of ether oxygens (including phenoxy) is 1. The summed E-state index contributed by atoms with van der Waals surface area (Å²) in [4.78, 5) is 34.5. The second kappa shape index (κ2) is 8.11. The van der Waals surface area contributed by atoms with Gasteiger partial charge in [-0.2, -0.15) is 0 Å². The van der Waals surface area contributed by atoms with Crippen molar-refractivity contribution in [1.29, 1.82) is 0 Å². The fraction of sp³-hybridized carbons (Fsp3) is 0.750. The zero-order valence-corrected chi connectivity index (χ0v) is 12.7. The molecule has 2 atom stereocenters. The third-order valence-electron chi connectivity index (χ3n) is 1.79. The number of nitrogens with two attached hydrogens (primary N) is 1. The number of esters is 1. The van der Waals surface area contributed by atoms with Crippen LogP contribution in [-0.2, 0) is 19.1 Å². The molecule has 116 valence electrons. The van der Waals surface area contributed by atoms with Gasteiger partial charge in [-0.05, 0) is 20.8 Å². The molecule has 0 aliphatic heterocycles. The molecule has 0 heterocycles. The fourth-order valence-electron chi connectivity index (χ4n) is 1.11. The molecular weight excluding hydrogens is 284 g/mol. The minimum atomic E-state index is -3.24. The van der Waals surface area contributed by atoms with Gasteiger partial charge in [0.15, 0.2) is 0 Å². The number of thioether (sulfide) groups is 1. The van der Waals surface area contributed by atoms with Crippen LogP contribution in [0.25, 0.3) is 0 Å². The van der Waals surface area contributed by atoms with Gasteiger partial charge in [-0.3, -0.25) is 9.59 Å². The second-order valence-electron chi connectivity index (χ2n) is 4.90. The lowest BCUT2D eigenvalue weighted by atomic mass is 10.2. The smallest absolute Gasteiger partial charge is 0.330 e. The summed E-state index contributed by atoms with van der Waals surface area (Å²) < 4.78 is 27.2. The number of nitrogens with one attached hydrogen (secondary N) is 1. The predicted octanol–water partition coefficient (Wildman–Crippen LogP) is -0.588. The molecule has 0 spiro atoms. The zero-order chi connectivity index (χ0) is 18.6. The predicted molar refractivity (Wildman–Crippen MR) is 76.0 cm³/mol. The van der Waals surface area contributed by atoms with Crippen molar-refractivity contribution < 1.29 is 28.3 Å². The lowest BCUT2D eigenvalue weighted by Gasteiger charge is -2.24. The van der Waals surface area contributed by atoms with Crippen molar-refractivity contribution in [2.45, 2.75) is 44.6 Å². The third-order valence-corrected chi connectivity index (χ3v) is 2.87. The van der Waals surface area contributed by atoms with E-state index in [1.54, 1.807) is 20.8 Å². The molecule has 1 unspecified atom stereocenters. The van der Waals surface area contributed by atoms with Gasteiger partial charge in [0, 0.05) is 12.7 Å². The van der Waals surface area contributed by atoms with Crippen LogP contribution in [0.3, 0.4) is 0 Å². The zero-order valence-electron chi connectivity index (χ0n) is 14.9. The van der Waals surface area contributed by atoms with Crippen LogP contribution in [0.1, 0.15) is 31.8 Å². The van der Waals surface area contributed by atoms with E-state index in [0.29, 0.717) is 11.8 Å². The summed E-state index contributed by atoms with van der Waals surface area (Å²) in [5, 5.41) is 8.89. The van der Waals surface area contributed by atoms with E-state index in [2.05, 4.69) is 5.32 Å². The number of carbonyl (C=O) groups excluding carboxylic acids is 3. The molecule has 0 radical (unpaired) electrons. The van der Waals surface area contributed by atoms with Gasteiger partial charge in [-0.1, -0.05) is 0 Å². The largest absolute Gasteiger partial charge is 0.458 e. The highest BCUT2D eigenvalue weighted by Crippen LogP contribution is 2.15. The first-order valence-corrected chi connectivity index (χ1v) is 6.75. The Labute approximate surface area is 126 Å². The minimum Gasteiger partial charge on any atom is -0.458 e. The maximum atomic E-state index is 12.0. The van der Waals surface area contributed by atoms with Crippen LogP contribution in [0, 0.1) is 0 Å². The molecule has 0 aliphatic carbocycles. The first kappa shape index (κ1) is 13.7. The van der Waals surface area contributed by atoms with Crippen LogP contribution in [0.2, 0.25) is 0 Å². The highest BCUT2D eigenvalue weighted by atomic mass is 32.2. The van der Waals surface area contributed by atoms with Crippen molar-refractivity contribution in [2.75, 3.05) is 12.3 Å². The molecule has 0 aromatic rings. The summed E-state index contributed by atoms with van der Waals surface area (Å²) in [5.74, 6) is -3.17. The maximum Gasteiger partial charge on any atom is 0.330 e. The van der Waals surface area contributed by atoms with Gasteiger partial charge in [0.25, 0.3) is 0 Å². The summed E-state index contributed by atoms with van der Waals surface area (Å²) in [5.41, 5.74) is 4.14. The summed E-state index contributed by atoms with van der Waals surface area (Å²) in [7, 11) is 0.